The minimum atomic E-state index is -0.372. The van der Waals surface area contributed by atoms with Gasteiger partial charge in [0.1, 0.15) is 6.54 Å². The molecule has 9 heteroatoms. The number of nitrogens with one attached hydrogen (secondary N) is 3. The van der Waals surface area contributed by atoms with Crippen LogP contribution in [-0.2, 0) is 11.3 Å². The van der Waals surface area contributed by atoms with Crippen molar-refractivity contribution in [2.45, 2.75) is 6.54 Å². The maximum Gasteiger partial charge on any atom is 0.323 e. The number of fused-ring (bicyclic) bond motifs is 1. The molecule has 3 aromatic carbocycles. The van der Waals surface area contributed by atoms with E-state index in [1.165, 1.54) is 10.9 Å². The molecule has 1 aromatic heterocycles. The Kier molecular flexibility index (Phi) is 6.27. The van der Waals surface area contributed by atoms with Crippen LogP contribution in [0.1, 0.15) is 0 Å². The zero-order valence-corrected chi connectivity index (χ0v) is 18.3. The summed E-state index contributed by atoms with van der Waals surface area (Å²) in [4.78, 5) is 41.3. The van der Waals surface area contributed by atoms with E-state index >= 15 is 0 Å². The van der Waals surface area contributed by atoms with Crippen molar-refractivity contribution in [1.29, 1.82) is 0 Å². The number of halogens is 1. The van der Waals surface area contributed by atoms with Gasteiger partial charge >= 0.3 is 6.03 Å². The lowest BCUT2D eigenvalue weighted by molar-refractivity contribution is -0.116. The second kappa shape index (κ2) is 9.44. The predicted molar refractivity (Wildman–Crippen MR) is 128 cm³/mol. The first-order valence-electron chi connectivity index (χ1n) is 9.65. The van der Waals surface area contributed by atoms with E-state index < -0.39 is 0 Å². The Bertz CT molecular complexity index is 1340. The van der Waals surface area contributed by atoms with Crippen molar-refractivity contribution in [2.75, 3.05) is 16.0 Å². The summed E-state index contributed by atoms with van der Waals surface area (Å²) < 4.78 is 2.02. The summed E-state index contributed by atoms with van der Waals surface area (Å²) in [5.74, 6) is -0.370. The number of carbonyl (C=O) groups is 2. The fourth-order valence-electron chi connectivity index (χ4n) is 3.05. The molecule has 0 bridgehead atoms. The Morgan fingerprint density at radius 3 is 2.16 bits per heavy atom. The fourth-order valence-corrected chi connectivity index (χ4v) is 3.41. The first kappa shape index (κ1) is 21.3. The highest BCUT2D eigenvalue weighted by Crippen LogP contribution is 2.16. The Morgan fingerprint density at radius 2 is 1.47 bits per heavy atom. The number of aromatic nitrogens is 2. The maximum absolute atomic E-state index is 12.6. The molecule has 0 spiro atoms. The average Bonchev–Trinajstić information content (AvgIpc) is 2.78. The first-order chi connectivity index (χ1) is 15.5. The largest absolute Gasteiger partial charge is 0.325 e. The molecule has 4 rings (SSSR count). The van der Waals surface area contributed by atoms with Gasteiger partial charge in [-0.15, -0.1) is 0 Å². The van der Waals surface area contributed by atoms with Gasteiger partial charge in [-0.05, 0) is 54.6 Å². The molecular formula is C23H18BrN5O3. The lowest BCUT2D eigenvalue weighted by Crippen LogP contribution is -2.27. The minimum absolute atomic E-state index is 0.173. The highest BCUT2D eigenvalue weighted by Gasteiger charge is 2.09. The van der Waals surface area contributed by atoms with Crippen LogP contribution in [0.3, 0.4) is 0 Å². The Morgan fingerprint density at radius 1 is 0.844 bits per heavy atom. The molecule has 4 aromatic rings. The molecule has 160 valence electrons. The molecule has 0 saturated heterocycles. The second-order valence-corrected chi connectivity index (χ2v) is 7.83. The van der Waals surface area contributed by atoms with Gasteiger partial charge in [0.05, 0.1) is 17.2 Å². The third-order valence-corrected chi connectivity index (χ3v) is 5.05. The van der Waals surface area contributed by atoms with Crippen LogP contribution < -0.4 is 21.5 Å². The zero-order chi connectivity index (χ0) is 22.5. The third kappa shape index (κ3) is 5.19. The van der Waals surface area contributed by atoms with Crippen molar-refractivity contribution in [3.63, 3.8) is 0 Å². The van der Waals surface area contributed by atoms with Crippen molar-refractivity contribution in [1.82, 2.24) is 9.55 Å². The van der Waals surface area contributed by atoms with Crippen LogP contribution in [0.2, 0.25) is 0 Å². The van der Waals surface area contributed by atoms with E-state index in [0.717, 1.165) is 4.47 Å². The average molecular weight is 492 g/mol. The number of benzene rings is 3. The number of urea groups is 1. The summed E-state index contributed by atoms with van der Waals surface area (Å²) in [6.45, 7) is -0.173. The number of para-hydroxylation sites is 1. The number of carbonyl (C=O) groups excluding carboxylic acids is 2. The second-order valence-electron chi connectivity index (χ2n) is 6.91. The molecule has 3 amide bonds. The van der Waals surface area contributed by atoms with E-state index in [1.54, 1.807) is 54.6 Å². The molecule has 0 aliphatic rings. The lowest BCUT2D eigenvalue weighted by Gasteiger charge is -2.10. The van der Waals surface area contributed by atoms with Crippen LogP contribution in [0, 0.1) is 0 Å². The van der Waals surface area contributed by atoms with E-state index in [9.17, 15) is 14.4 Å². The molecule has 0 atom stereocenters. The number of hydrogen-bond acceptors (Lipinski definition) is 4. The normalized spacial score (nSPS) is 10.5. The van der Waals surface area contributed by atoms with E-state index in [1.807, 2.05) is 18.2 Å². The number of anilines is 3. The van der Waals surface area contributed by atoms with Crippen molar-refractivity contribution in [3.05, 3.63) is 94.0 Å². The summed E-state index contributed by atoms with van der Waals surface area (Å²) >= 11 is 3.34. The molecule has 8 nitrogen and oxygen atoms in total. The van der Waals surface area contributed by atoms with Crippen molar-refractivity contribution < 1.29 is 9.59 Å². The van der Waals surface area contributed by atoms with Crippen LogP contribution >= 0.6 is 15.9 Å². The van der Waals surface area contributed by atoms with Crippen LogP contribution in [0.5, 0.6) is 0 Å². The van der Waals surface area contributed by atoms with Crippen LogP contribution in [0.15, 0.2) is 88.4 Å². The number of nitrogens with zero attached hydrogens (tertiary/aromatic N) is 2. The standard InChI is InChI=1S/C23H18BrN5O3/c24-15-6-11-20-19(12-15)22(31)29(14-25-20)13-21(30)26-17-7-9-18(10-8-17)28-23(32)27-16-4-2-1-3-5-16/h1-12,14H,13H2,(H,26,30)(H2,27,28,32). The van der Waals surface area contributed by atoms with E-state index in [2.05, 4.69) is 36.9 Å². The van der Waals surface area contributed by atoms with Crippen molar-refractivity contribution >= 4 is 55.8 Å². The van der Waals surface area contributed by atoms with Gasteiger partial charge in [-0.2, -0.15) is 0 Å². The van der Waals surface area contributed by atoms with E-state index in [0.29, 0.717) is 28.0 Å². The molecule has 0 unspecified atom stereocenters. The molecular weight excluding hydrogens is 474 g/mol. The van der Waals surface area contributed by atoms with Gasteiger partial charge in [0, 0.05) is 21.5 Å². The molecule has 3 N–H and O–H groups in total. The van der Waals surface area contributed by atoms with Gasteiger partial charge in [-0.3, -0.25) is 14.2 Å². The molecule has 0 saturated carbocycles. The quantitative estimate of drug-likeness (QED) is 0.383. The Hall–Kier alpha value is -3.98. The summed E-state index contributed by atoms with van der Waals surface area (Å²) in [6.07, 6.45) is 1.36. The summed E-state index contributed by atoms with van der Waals surface area (Å²) in [5.41, 5.74) is 2.05. The van der Waals surface area contributed by atoms with Crippen LogP contribution in [0.4, 0.5) is 21.9 Å². The highest BCUT2D eigenvalue weighted by atomic mass is 79.9. The SMILES string of the molecule is O=C(Cn1cnc2ccc(Br)cc2c1=O)Nc1ccc(NC(=O)Nc2ccccc2)cc1. The van der Waals surface area contributed by atoms with E-state index in [-0.39, 0.29) is 24.0 Å². The lowest BCUT2D eigenvalue weighted by atomic mass is 10.2. The summed E-state index contributed by atoms with van der Waals surface area (Å²) in [6, 6.07) is 20.6. The fraction of sp³-hybridized carbons (Fsp3) is 0.0435. The topological polar surface area (TPSA) is 105 Å². The van der Waals surface area contributed by atoms with Gasteiger partial charge in [0.15, 0.2) is 0 Å². The third-order valence-electron chi connectivity index (χ3n) is 4.56. The van der Waals surface area contributed by atoms with Crippen LogP contribution in [-0.4, -0.2) is 21.5 Å². The molecule has 0 aliphatic carbocycles. The molecule has 1 heterocycles. The maximum atomic E-state index is 12.6. The predicted octanol–water partition coefficient (Wildman–Crippen LogP) is 4.44. The smallest absolute Gasteiger partial charge is 0.323 e. The number of hydrogen-bond donors (Lipinski definition) is 3. The summed E-state index contributed by atoms with van der Waals surface area (Å²) in [5, 5.41) is 8.61. The molecule has 0 fully saturated rings. The van der Waals surface area contributed by atoms with Crippen LogP contribution in [0.25, 0.3) is 10.9 Å². The number of amides is 3. The molecule has 32 heavy (non-hydrogen) atoms. The van der Waals surface area contributed by atoms with E-state index in [4.69, 9.17) is 0 Å². The minimum Gasteiger partial charge on any atom is -0.325 e. The van der Waals surface area contributed by atoms with Crippen molar-refractivity contribution in [2.24, 2.45) is 0 Å². The first-order valence-corrected chi connectivity index (χ1v) is 10.4. The monoisotopic (exact) mass is 491 g/mol. The van der Waals surface area contributed by atoms with Gasteiger partial charge < -0.3 is 16.0 Å². The van der Waals surface area contributed by atoms with Crippen molar-refractivity contribution in [3.8, 4) is 0 Å². The van der Waals surface area contributed by atoms with Gasteiger partial charge in [-0.1, -0.05) is 34.1 Å². The van der Waals surface area contributed by atoms with Gasteiger partial charge in [0.25, 0.3) is 5.56 Å². The number of rotatable bonds is 5. The highest BCUT2D eigenvalue weighted by molar-refractivity contribution is 9.10. The molecule has 0 aliphatic heterocycles. The Balaban J connectivity index is 1.37. The Labute approximate surface area is 191 Å². The zero-order valence-electron chi connectivity index (χ0n) is 16.7. The molecule has 0 radical (unpaired) electrons. The summed E-state index contributed by atoms with van der Waals surface area (Å²) in [7, 11) is 0. The van der Waals surface area contributed by atoms with Gasteiger partial charge in [0.2, 0.25) is 5.91 Å². The van der Waals surface area contributed by atoms with Gasteiger partial charge in [-0.25, -0.2) is 9.78 Å².